The number of halogens is 1. The van der Waals surface area contributed by atoms with Gasteiger partial charge in [-0.1, -0.05) is 19.1 Å². The van der Waals surface area contributed by atoms with Gasteiger partial charge < -0.3 is 15.0 Å². The molecule has 1 aromatic carbocycles. The van der Waals surface area contributed by atoms with Crippen LogP contribution in [0.2, 0.25) is 0 Å². The number of aryl methyl sites for hydroxylation is 1. The molecule has 1 spiro atoms. The third-order valence-electron chi connectivity index (χ3n) is 8.59. The first-order valence-electron chi connectivity index (χ1n) is 13.1. The van der Waals surface area contributed by atoms with Crippen molar-refractivity contribution in [1.29, 1.82) is 0 Å². The smallest absolute Gasteiger partial charge is 0.223 e. The summed E-state index contributed by atoms with van der Waals surface area (Å²) in [6.45, 7) is 6.46. The van der Waals surface area contributed by atoms with Crippen molar-refractivity contribution < 1.29 is 13.9 Å². The maximum atomic E-state index is 13.1. The highest BCUT2D eigenvalue weighted by Crippen LogP contribution is 2.48. The molecule has 1 saturated heterocycles. The van der Waals surface area contributed by atoms with Crippen molar-refractivity contribution in [3.63, 3.8) is 0 Å². The SMILES string of the molecule is CCc1cc2c(s1)CCOC21CCN(CC2CC(NC(=O)C3CC3c3ccc(F)cc3)C2)CC1. The van der Waals surface area contributed by atoms with Gasteiger partial charge in [0.05, 0.1) is 12.2 Å². The molecule has 3 heterocycles. The number of rotatable bonds is 6. The van der Waals surface area contributed by atoms with Gasteiger partial charge in [-0.05, 0) is 79.7 Å². The van der Waals surface area contributed by atoms with Gasteiger partial charge in [0, 0.05) is 47.8 Å². The van der Waals surface area contributed by atoms with Crippen LogP contribution in [0, 0.1) is 17.7 Å². The molecule has 4 nitrogen and oxygen atoms in total. The number of piperidine rings is 1. The molecule has 0 bridgehead atoms. The molecule has 34 heavy (non-hydrogen) atoms. The van der Waals surface area contributed by atoms with Crippen molar-refractivity contribution in [2.24, 2.45) is 11.8 Å². The maximum Gasteiger partial charge on any atom is 0.223 e. The Morgan fingerprint density at radius 2 is 1.97 bits per heavy atom. The zero-order valence-electron chi connectivity index (χ0n) is 20.0. The fourth-order valence-corrected chi connectivity index (χ4v) is 7.57. The summed E-state index contributed by atoms with van der Waals surface area (Å²) >= 11 is 1.99. The maximum absolute atomic E-state index is 13.1. The van der Waals surface area contributed by atoms with Gasteiger partial charge in [-0.25, -0.2) is 4.39 Å². The van der Waals surface area contributed by atoms with Crippen molar-refractivity contribution in [1.82, 2.24) is 10.2 Å². The minimum atomic E-state index is -0.220. The van der Waals surface area contributed by atoms with Crippen molar-refractivity contribution >= 4 is 17.2 Å². The fraction of sp³-hybridized carbons (Fsp3) is 0.607. The second-order valence-corrected chi connectivity index (χ2v) is 12.1. The number of nitrogens with zero attached hydrogens (tertiary/aromatic N) is 1. The third-order valence-corrected chi connectivity index (χ3v) is 9.93. The average molecular weight is 483 g/mol. The van der Waals surface area contributed by atoms with Crippen LogP contribution < -0.4 is 5.32 Å². The summed E-state index contributed by atoms with van der Waals surface area (Å²) in [6.07, 6.45) is 7.45. The molecule has 6 heteroatoms. The molecule has 2 saturated carbocycles. The monoisotopic (exact) mass is 482 g/mol. The lowest BCUT2D eigenvalue weighted by atomic mass is 9.78. The Balaban J connectivity index is 0.945. The number of likely N-dealkylation sites (tertiary alicyclic amines) is 1. The molecule has 6 rings (SSSR count). The number of hydrogen-bond donors (Lipinski definition) is 1. The first-order chi connectivity index (χ1) is 16.5. The highest BCUT2D eigenvalue weighted by Gasteiger charge is 2.46. The van der Waals surface area contributed by atoms with E-state index in [2.05, 4.69) is 23.2 Å². The van der Waals surface area contributed by atoms with E-state index >= 15 is 0 Å². The van der Waals surface area contributed by atoms with E-state index in [4.69, 9.17) is 4.74 Å². The van der Waals surface area contributed by atoms with Crippen molar-refractivity contribution in [2.75, 3.05) is 26.2 Å². The first kappa shape index (κ1) is 22.7. The van der Waals surface area contributed by atoms with Gasteiger partial charge in [0.25, 0.3) is 0 Å². The predicted molar refractivity (Wildman–Crippen MR) is 133 cm³/mol. The molecular formula is C28H35FN2O2S. The minimum absolute atomic E-state index is 0.0462. The number of thiophene rings is 1. The van der Waals surface area contributed by atoms with Gasteiger partial charge in [-0.3, -0.25) is 4.79 Å². The Morgan fingerprint density at radius 1 is 1.21 bits per heavy atom. The summed E-state index contributed by atoms with van der Waals surface area (Å²) in [5.41, 5.74) is 2.53. The second-order valence-electron chi connectivity index (χ2n) is 10.8. The molecule has 0 radical (unpaired) electrons. The Kier molecular flexibility index (Phi) is 6.03. The van der Waals surface area contributed by atoms with Crippen LogP contribution in [0.5, 0.6) is 0 Å². The van der Waals surface area contributed by atoms with Gasteiger partial charge in [0.15, 0.2) is 0 Å². The first-order valence-corrected chi connectivity index (χ1v) is 13.9. The normalized spacial score (nSPS) is 29.9. The van der Waals surface area contributed by atoms with Gasteiger partial charge in [0.2, 0.25) is 5.91 Å². The van der Waals surface area contributed by atoms with Crippen molar-refractivity contribution in [3.8, 4) is 0 Å². The number of hydrogen-bond acceptors (Lipinski definition) is 4. The molecule has 2 atom stereocenters. The van der Waals surface area contributed by atoms with E-state index in [1.165, 1.54) is 22.6 Å². The van der Waals surface area contributed by atoms with Crippen LogP contribution in [-0.2, 0) is 28.0 Å². The largest absolute Gasteiger partial charge is 0.370 e. The number of nitrogens with one attached hydrogen (secondary N) is 1. The summed E-state index contributed by atoms with van der Waals surface area (Å²) < 4.78 is 19.6. The van der Waals surface area contributed by atoms with Crippen LogP contribution in [0.3, 0.4) is 0 Å². The van der Waals surface area contributed by atoms with Gasteiger partial charge in [-0.15, -0.1) is 11.3 Å². The number of amides is 1. The minimum Gasteiger partial charge on any atom is -0.370 e. The van der Waals surface area contributed by atoms with E-state index in [9.17, 15) is 9.18 Å². The molecular weight excluding hydrogens is 447 g/mol. The molecule has 1 aromatic heterocycles. The van der Waals surface area contributed by atoms with Crippen molar-refractivity contribution in [2.45, 2.75) is 69.4 Å². The van der Waals surface area contributed by atoms with E-state index in [-0.39, 0.29) is 29.2 Å². The highest BCUT2D eigenvalue weighted by atomic mass is 32.1. The Hall–Kier alpha value is -1.76. The Bertz CT molecular complexity index is 1040. The highest BCUT2D eigenvalue weighted by molar-refractivity contribution is 7.12. The van der Waals surface area contributed by atoms with Crippen LogP contribution in [0.15, 0.2) is 30.3 Å². The number of carbonyl (C=O) groups excluding carboxylic acids is 1. The molecule has 2 aliphatic carbocycles. The van der Waals surface area contributed by atoms with Gasteiger partial charge >= 0.3 is 0 Å². The van der Waals surface area contributed by atoms with Gasteiger partial charge in [0.1, 0.15) is 5.82 Å². The molecule has 2 aliphatic heterocycles. The predicted octanol–water partition coefficient (Wildman–Crippen LogP) is 5.01. The van der Waals surface area contributed by atoms with Crippen molar-refractivity contribution in [3.05, 3.63) is 57.0 Å². The average Bonchev–Trinajstić information content (AvgIpc) is 3.50. The second kappa shape index (κ2) is 9.03. The van der Waals surface area contributed by atoms with Crippen LogP contribution in [0.1, 0.15) is 65.8 Å². The lowest BCUT2D eigenvalue weighted by molar-refractivity contribution is -0.124. The summed E-state index contributed by atoms with van der Waals surface area (Å²) in [7, 11) is 0. The van der Waals surface area contributed by atoms with E-state index in [1.807, 2.05) is 23.5 Å². The molecule has 3 fully saturated rings. The topological polar surface area (TPSA) is 41.6 Å². The number of carbonyl (C=O) groups is 1. The lowest BCUT2D eigenvalue weighted by Gasteiger charge is -2.46. The van der Waals surface area contributed by atoms with E-state index < -0.39 is 0 Å². The number of ether oxygens (including phenoxy) is 1. The van der Waals surface area contributed by atoms with Crippen LogP contribution >= 0.6 is 11.3 Å². The quantitative estimate of drug-likeness (QED) is 0.629. The standard InChI is InChI=1S/C28H35FN2O2S/c1-2-22-15-25-26(34-22)7-12-33-28(25)8-10-31(11-9-28)17-18-13-21(14-18)30-27(32)24-16-23(24)19-3-5-20(29)6-4-19/h3-6,15,18,21,23-24H,2,7-14,16-17H2,1H3,(H,30,32). The van der Waals surface area contributed by atoms with E-state index in [1.54, 1.807) is 4.88 Å². The summed E-state index contributed by atoms with van der Waals surface area (Å²) in [6, 6.07) is 9.36. The third kappa shape index (κ3) is 4.33. The summed E-state index contributed by atoms with van der Waals surface area (Å²) in [5, 5.41) is 3.27. The Morgan fingerprint density at radius 3 is 2.71 bits per heavy atom. The number of benzene rings is 1. The Labute approximate surface area is 205 Å². The fourth-order valence-electron chi connectivity index (χ4n) is 6.40. The van der Waals surface area contributed by atoms with Crippen LogP contribution in [-0.4, -0.2) is 43.1 Å². The molecule has 2 aromatic rings. The molecule has 4 aliphatic rings. The van der Waals surface area contributed by atoms with E-state index in [0.717, 1.165) is 76.8 Å². The molecule has 1 N–H and O–H groups in total. The molecule has 1 amide bonds. The summed E-state index contributed by atoms with van der Waals surface area (Å²) in [5.74, 6) is 0.972. The zero-order valence-corrected chi connectivity index (χ0v) is 20.8. The van der Waals surface area contributed by atoms with Crippen LogP contribution in [0.4, 0.5) is 4.39 Å². The van der Waals surface area contributed by atoms with Crippen LogP contribution in [0.25, 0.3) is 0 Å². The molecule has 2 unspecified atom stereocenters. The summed E-state index contributed by atoms with van der Waals surface area (Å²) in [4.78, 5) is 18.3. The zero-order chi connectivity index (χ0) is 23.3. The lowest BCUT2D eigenvalue weighted by Crippen LogP contribution is -2.51. The number of fused-ring (bicyclic) bond motifs is 2. The molecule has 182 valence electrons. The van der Waals surface area contributed by atoms with E-state index in [0.29, 0.717) is 12.0 Å². The van der Waals surface area contributed by atoms with Gasteiger partial charge in [-0.2, -0.15) is 0 Å².